The van der Waals surface area contributed by atoms with E-state index in [1.54, 1.807) is 0 Å². The number of rotatable bonds is 1. The third kappa shape index (κ3) is 3.15. The van der Waals surface area contributed by atoms with E-state index in [1.807, 2.05) is 0 Å². The van der Waals surface area contributed by atoms with Crippen LogP contribution in [0.5, 0.6) is 0 Å². The van der Waals surface area contributed by atoms with Gasteiger partial charge in [0.25, 0.3) is 0 Å². The molecular weight excluding hydrogens is 296 g/mol. The summed E-state index contributed by atoms with van der Waals surface area (Å²) in [6, 6.07) is 19.3. The molecule has 0 spiro atoms. The van der Waals surface area contributed by atoms with Crippen molar-refractivity contribution in [3.05, 3.63) is 60.2 Å². The molecule has 1 saturated heterocycles. The molecule has 2 aromatic carbocycles. The zero-order valence-electron chi connectivity index (χ0n) is 14.2. The lowest BCUT2D eigenvalue weighted by atomic mass is 10.0. The first kappa shape index (κ1) is 15.2. The predicted molar refractivity (Wildman–Crippen MR) is 100 cm³/mol. The number of nitrogens with zero attached hydrogens (tertiary/aromatic N) is 3. The highest BCUT2D eigenvalue weighted by molar-refractivity contribution is 5.89. The number of likely N-dealkylation sites (N-methyl/N-ethyl adjacent to an activating group) is 1. The molecule has 1 N–H and O–H groups in total. The molecule has 4 nitrogen and oxygen atoms in total. The van der Waals surface area contributed by atoms with Gasteiger partial charge in [0.2, 0.25) is 0 Å². The van der Waals surface area contributed by atoms with Crippen molar-refractivity contribution in [3.8, 4) is 0 Å². The van der Waals surface area contributed by atoms with Crippen LogP contribution >= 0.6 is 0 Å². The van der Waals surface area contributed by atoms with Crippen LogP contribution in [0.4, 0.5) is 11.4 Å². The van der Waals surface area contributed by atoms with E-state index >= 15 is 0 Å². The smallest absolute Gasteiger partial charge is 0.107 e. The Bertz CT molecular complexity index is 717. The first-order valence-electron chi connectivity index (χ1n) is 8.71. The number of hydrogen-bond acceptors (Lipinski definition) is 4. The van der Waals surface area contributed by atoms with Crippen molar-refractivity contribution in [2.45, 2.75) is 12.5 Å². The maximum atomic E-state index is 5.03. The molecule has 0 bridgehead atoms. The molecule has 0 aromatic heterocycles. The lowest BCUT2D eigenvalue weighted by Crippen LogP contribution is -2.47. The maximum absolute atomic E-state index is 5.03. The van der Waals surface area contributed by atoms with E-state index in [1.165, 1.54) is 11.4 Å². The molecule has 0 saturated carbocycles. The summed E-state index contributed by atoms with van der Waals surface area (Å²) in [4.78, 5) is 9.87. The van der Waals surface area contributed by atoms with E-state index in [0.29, 0.717) is 0 Å². The zero-order chi connectivity index (χ0) is 16.4. The number of fused-ring (bicyclic) bond motifs is 1. The first-order chi connectivity index (χ1) is 11.8. The van der Waals surface area contributed by atoms with E-state index in [2.05, 4.69) is 76.8 Å². The molecule has 1 unspecified atom stereocenters. The van der Waals surface area contributed by atoms with Crippen molar-refractivity contribution in [2.75, 3.05) is 38.5 Å². The van der Waals surface area contributed by atoms with Gasteiger partial charge in [-0.1, -0.05) is 42.5 Å². The fourth-order valence-corrected chi connectivity index (χ4v) is 3.45. The molecule has 2 aromatic rings. The predicted octanol–water partition coefficient (Wildman–Crippen LogP) is 3.52. The van der Waals surface area contributed by atoms with E-state index in [0.717, 1.165) is 44.0 Å². The van der Waals surface area contributed by atoms with Crippen LogP contribution < -0.4 is 5.32 Å². The van der Waals surface area contributed by atoms with Gasteiger partial charge in [0, 0.05) is 32.6 Å². The van der Waals surface area contributed by atoms with Crippen LogP contribution in [-0.4, -0.2) is 48.9 Å². The molecule has 4 rings (SSSR count). The third-order valence-electron chi connectivity index (χ3n) is 4.94. The Labute approximate surface area is 143 Å². The third-order valence-corrected chi connectivity index (χ3v) is 4.94. The summed E-state index contributed by atoms with van der Waals surface area (Å²) in [5.74, 6) is 1.20. The number of anilines is 1. The monoisotopic (exact) mass is 320 g/mol. The maximum Gasteiger partial charge on any atom is 0.107 e. The van der Waals surface area contributed by atoms with Gasteiger partial charge in [-0.3, -0.25) is 0 Å². The van der Waals surface area contributed by atoms with Gasteiger partial charge < -0.3 is 15.1 Å². The van der Waals surface area contributed by atoms with Crippen LogP contribution in [0.1, 0.15) is 18.0 Å². The van der Waals surface area contributed by atoms with Gasteiger partial charge >= 0.3 is 0 Å². The molecule has 0 amide bonds. The Morgan fingerprint density at radius 1 is 0.917 bits per heavy atom. The molecule has 0 aliphatic carbocycles. The van der Waals surface area contributed by atoms with Crippen molar-refractivity contribution in [1.82, 2.24) is 9.80 Å². The van der Waals surface area contributed by atoms with Gasteiger partial charge in [0.15, 0.2) is 0 Å². The molecule has 2 heterocycles. The topological polar surface area (TPSA) is 30.9 Å². The van der Waals surface area contributed by atoms with Crippen molar-refractivity contribution in [3.63, 3.8) is 0 Å². The van der Waals surface area contributed by atoms with Crippen LogP contribution in [-0.2, 0) is 0 Å². The van der Waals surface area contributed by atoms with Gasteiger partial charge in [0.05, 0.1) is 17.4 Å². The summed E-state index contributed by atoms with van der Waals surface area (Å²) in [5, 5.41) is 3.70. The van der Waals surface area contributed by atoms with E-state index in [-0.39, 0.29) is 6.04 Å². The summed E-state index contributed by atoms with van der Waals surface area (Å²) in [7, 11) is 2.19. The van der Waals surface area contributed by atoms with Crippen molar-refractivity contribution >= 4 is 17.2 Å². The Kier molecular flexibility index (Phi) is 4.22. The van der Waals surface area contributed by atoms with Crippen LogP contribution in [0.15, 0.2) is 59.6 Å². The molecule has 2 aliphatic rings. The summed E-state index contributed by atoms with van der Waals surface area (Å²) >= 11 is 0. The van der Waals surface area contributed by atoms with Crippen LogP contribution in [0, 0.1) is 0 Å². The van der Waals surface area contributed by atoms with E-state index in [9.17, 15) is 0 Å². The standard InChI is InChI=1S/C20H24N4/c1-23-11-13-24(14-12-23)20-15-19(16-7-3-2-4-8-16)21-17-9-5-6-10-18(17)22-20/h2-10,19,21H,11-15H2,1H3. The van der Waals surface area contributed by atoms with Gasteiger partial charge in [-0.2, -0.15) is 0 Å². The van der Waals surface area contributed by atoms with Crippen molar-refractivity contribution in [1.29, 1.82) is 0 Å². The quantitative estimate of drug-likeness (QED) is 0.872. The molecule has 0 radical (unpaired) electrons. The molecular formula is C20H24N4. The van der Waals surface area contributed by atoms with Crippen LogP contribution in [0.3, 0.4) is 0 Å². The number of benzene rings is 2. The van der Waals surface area contributed by atoms with Gasteiger partial charge in [-0.05, 0) is 24.7 Å². The minimum Gasteiger partial charge on any atom is -0.376 e. The SMILES string of the molecule is CN1CCN(C2=Nc3ccccc3NC(c3ccccc3)C2)CC1. The van der Waals surface area contributed by atoms with Crippen LogP contribution in [0.2, 0.25) is 0 Å². The minimum absolute atomic E-state index is 0.258. The normalized spacial score (nSPS) is 21.5. The summed E-state index contributed by atoms with van der Waals surface area (Å²) in [5.41, 5.74) is 3.48. The average molecular weight is 320 g/mol. The number of piperazine rings is 1. The lowest BCUT2D eigenvalue weighted by Gasteiger charge is -2.35. The number of amidine groups is 1. The Balaban J connectivity index is 1.68. The van der Waals surface area contributed by atoms with E-state index < -0.39 is 0 Å². The van der Waals surface area contributed by atoms with Crippen LogP contribution in [0.25, 0.3) is 0 Å². The summed E-state index contributed by atoms with van der Waals surface area (Å²) < 4.78 is 0. The molecule has 1 fully saturated rings. The molecule has 2 aliphatic heterocycles. The largest absolute Gasteiger partial charge is 0.376 e. The highest BCUT2D eigenvalue weighted by Crippen LogP contribution is 2.34. The number of hydrogen-bond donors (Lipinski definition) is 1. The Morgan fingerprint density at radius 3 is 2.42 bits per heavy atom. The van der Waals surface area contributed by atoms with Gasteiger partial charge in [-0.25, -0.2) is 4.99 Å². The molecule has 124 valence electrons. The summed E-state index contributed by atoms with van der Waals surface area (Å²) in [6.45, 7) is 4.31. The lowest BCUT2D eigenvalue weighted by molar-refractivity contribution is 0.213. The molecule has 4 heteroatoms. The molecule has 1 atom stereocenters. The summed E-state index contributed by atoms with van der Waals surface area (Å²) in [6.07, 6.45) is 0.919. The second-order valence-electron chi connectivity index (χ2n) is 6.65. The van der Waals surface area contributed by atoms with Crippen molar-refractivity contribution in [2.24, 2.45) is 4.99 Å². The molecule has 24 heavy (non-hydrogen) atoms. The van der Waals surface area contributed by atoms with E-state index in [4.69, 9.17) is 4.99 Å². The number of para-hydroxylation sites is 2. The Hall–Kier alpha value is -2.33. The average Bonchev–Trinajstić information content (AvgIpc) is 2.83. The van der Waals surface area contributed by atoms with Gasteiger partial charge in [0.1, 0.15) is 5.84 Å². The second-order valence-corrected chi connectivity index (χ2v) is 6.65. The fraction of sp³-hybridized carbons (Fsp3) is 0.350. The Morgan fingerprint density at radius 2 is 1.62 bits per heavy atom. The highest BCUT2D eigenvalue weighted by Gasteiger charge is 2.25. The number of aliphatic imine (C=N–C) groups is 1. The van der Waals surface area contributed by atoms with Crippen molar-refractivity contribution < 1.29 is 0 Å². The zero-order valence-corrected chi connectivity index (χ0v) is 14.2. The second kappa shape index (κ2) is 6.65. The highest BCUT2D eigenvalue weighted by atomic mass is 15.3. The number of nitrogens with one attached hydrogen (secondary N) is 1. The first-order valence-corrected chi connectivity index (χ1v) is 8.71. The minimum atomic E-state index is 0.258. The van der Waals surface area contributed by atoms with Gasteiger partial charge in [-0.15, -0.1) is 0 Å². The fourth-order valence-electron chi connectivity index (χ4n) is 3.45.